The number of fused-ring (bicyclic) bond motifs is 4. The van der Waals surface area contributed by atoms with E-state index < -0.39 is 67.9 Å². The van der Waals surface area contributed by atoms with E-state index in [1.54, 1.807) is 60.7 Å². The summed E-state index contributed by atoms with van der Waals surface area (Å²) >= 11 is 0. The third kappa shape index (κ3) is 14.6. The fourth-order valence-corrected chi connectivity index (χ4v) is 10.9. The molecule has 0 unspecified atom stereocenters. The fraction of sp³-hybridized carbons (Fsp3) is 0.0714. The molecule has 0 heterocycles. The molecule has 0 aliphatic carbocycles. The fourth-order valence-electron chi connectivity index (χ4n) is 9.04. The van der Waals surface area contributed by atoms with Crippen molar-refractivity contribution in [1.82, 2.24) is 0 Å². The first kappa shape index (κ1) is 62.8. The third-order valence-corrected chi connectivity index (χ3v) is 15.5. The van der Waals surface area contributed by atoms with E-state index in [1.807, 2.05) is 0 Å². The molecule has 0 aliphatic rings. The Morgan fingerprint density at radius 1 is 0.352 bits per heavy atom. The topological polar surface area (TPSA) is 472 Å². The van der Waals surface area contributed by atoms with Gasteiger partial charge in [0.2, 0.25) is 0 Å². The molecule has 10 aromatic carbocycles. The number of anilines is 2. The summed E-state index contributed by atoms with van der Waals surface area (Å²) in [5.74, 6) is -1.15. The Labute approximate surface area is 496 Å². The van der Waals surface area contributed by atoms with Crippen LogP contribution in [0.4, 0.5) is 56.9 Å². The van der Waals surface area contributed by atoms with E-state index >= 15 is 0 Å². The van der Waals surface area contributed by atoms with Gasteiger partial charge in [0.05, 0.1) is 39.0 Å². The van der Waals surface area contributed by atoms with Gasteiger partial charge in [-0.05, 0) is 130 Å². The minimum atomic E-state index is -4.91. The van der Waals surface area contributed by atoms with E-state index in [4.69, 9.17) is 32.5 Å². The van der Waals surface area contributed by atoms with E-state index in [0.29, 0.717) is 61.2 Å². The van der Waals surface area contributed by atoms with Crippen molar-refractivity contribution in [2.75, 3.05) is 11.5 Å². The van der Waals surface area contributed by atoms with Gasteiger partial charge < -0.3 is 21.7 Å². The minimum absolute atomic E-state index is 0.0442. The van der Waals surface area contributed by atoms with Gasteiger partial charge in [-0.1, -0.05) is 54.6 Å². The predicted octanol–water partition coefficient (Wildman–Crippen LogP) is 13.9. The van der Waals surface area contributed by atoms with E-state index in [0.717, 1.165) is 18.2 Å². The quantitative estimate of drug-likeness (QED) is 0.0118. The second-order valence-electron chi connectivity index (χ2n) is 18.9. The molecule has 10 rings (SSSR count). The maximum atomic E-state index is 12.2. The molecular weight excluding hydrogens is 1210 g/mol. The van der Waals surface area contributed by atoms with Crippen LogP contribution in [-0.4, -0.2) is 70.2 Å². The van der Waals surface area contributed by atoms with Crippen molar-refractivity contribution in [3.05, 3.63) is 174 Å². The van der Waals surface area contributed by atoms with Crippen LogP contribution in [0.15, 0.2) is 207 Å². The Hall–Kier alpha value is -9.75. The molecule has 0 radical (unpaired) electrons. The van der Waals surface area contributed by atoms with Gasteiger partial charge in [0.1, 0.15) is 47.6 Å². The average Bonchev–Trinajstić information content (AvgIpc) is 1.13. The molecule has 0 saturated carbocycles. The molecule has 13 N–H and O–H groups in total. The molecule has 0 saturated heterocycles. The Morgan fingerprint density at radius 2 is 0.705 bits per heavy atom. The molecule has 0 atom stereocenters. The molecule has 0 bridgehead atoms. The lowest BCUT2D eigenvalue weighted by Crippen LogP contribution is -1.99. The highest BCUT2D eigenvalue weighted by atomic mass is 32.2. The van der Waals surface area contributed by atoms with Gasteiger partial charge in [0.15, 0.2) is 11.5 Å². The van der Waals surface area contributed by atoms with E-state index in [1.165, 1.54) is 72.8 Å². The first-order valence-electron chi connectivity index (χ1n) is 25.1. The average molecular weight is 1260 g/mol. The zero-order chi connectivity index (χ0) is 63.1. The second-order valence-corrected chi connectivity index (χ2v) is 23.1. The number of phenols is 2. The second kappa shape index (κ2) is 26.5. The van der Waals surface area contributed by atoms with Gasteiger partial charge in [0, 0.05) is 43.7 Å². The summed E-state index contributed by atoms with van der Waals surface area (Å²) in [6, 6.07) is 37.3. The van der Waals surface area contributed by atoms with Crippen LogP contribution in [0, 0.1) is 0 Å². The normalized spacial score (nSPS) is 12.4. The Bertz CT molecular complexity index is 4810. The summed E-state index contributed by atoms with van der Waals surface area (Å²) in [6.07, 6.45) is 0. The molecule has 10 aromatic rings. The van der Waals surface area contributed by atoms with Gasteiger partial charge in [-0.2, -0.15) is 35.5 Å². The minimum Gasteiger partial charge on any atom is -0.505 e. The lowest BCUT2D eigenvalue weighted by Gasteiger charge is -2.10. The Morgan fingerprint density at radius 3 is 1.06 bits per heavy atom. The summed E-state index contributed by atoms with van der Waals surface area (Å²) < 4.78 is 102. The molecular formula is C56H46N10O19S3. The number of nitrogens with zero attached hydrogens (tertiary/aromatic N) is 8. The van der Waals surface area contributed by atoms with Gasteiger partial charge in [-0.3, -0.25) is 34.7 Å². The number of benzene rings is 10. The van der Waals surface area contributed by atoms with Gasteiger partial charge >= 0.3 is 0 Å². The summed E-state index contributed by atoms with van der Waals surface area (Å²) in [6.45, 7) is -0.599. The van der Waals surface area contributed by atoms with Crippen molar-refractivity contribution in [3.8, 4) is 11.5 Å². The molecule has 0 aromatic heterocycles. The molecule has 29 nitrogen and oxygen atoms in total. The van der Waals surface area contributed by atoms with Crippen LogP contribution < -0.4 is 11.5 Å². The molecule has 32 heteroatoms. The maximum Gasteiger partial charge on any atom is 0.296 e. The number of azo groups is 4. The number of nitrogens with two attached hydrogens (primary N) is 2. The smallest absolute Gasteiger partial charge is 0.296 e. The SMILES string of the molecule is Nc1ccc2cc(S(=O)(=O)O)c(N=Nc3ccc(N=Nc4cc(COO)cc(COO)c4)c4ccc(S(=O)(=O)O)cc34)c(O)c2c1.Nc1ccc2cc(S(=O)(=O)O)c(N=Nc3ccc(N=Nc4cc(COO)cc(COO)c4)c4ccccc34)c(O)c2c1. The summed E-state index contributed by atoms with van der Waals surface area (Å²) in [7, 11) is -14.4. The van der Waals surface area contributed by atoms with Crippen LogP contribution in [0.25, 0.3) is 43.1 Å². The van der Waals surface area contributed by atoms with Gasteiger partial charge in [-0.25, -0.2) is 19.6 Å². The zero-order valence-electron chi connectivity index (χ0n) is 44.8. The van der Waals surface area contributed by atoms with Crippen LogP contribution in [-0.2, 0) is 76.3 Å². The first-order valence-corrected chi connectivity index (χ1v) is 29.4. The molecule has 452 valence electrons. The predicted molar refractivity (Wildman–Crippen MR) is 317 cm³/mol. The number of nitrogen functional groups attached to an aromatic ring is 2. The maximum absolute atomic E-state index is 12.2. The van der Waals surface area contributed by atoms with Crippen LogP contribution in [0.5, 0.6) is 11.5 Å². The van der Waals surface area contributed by atoms with E-state index in [2.05, 4.69) is 60.5 Å². The summed E-state index contributed by atoms with van der Waals surface area (Å²) in [5.41, 5.74) is 14.9. The molecule has 88 heavy (non-hydrogen) atoms. The highest BCUT2D eigenvalue weighted by Gasteiger charge is 2.25. The van der Waals surface area contributed by atoms with Crippen LogP contribution in [0.3, 0.4) is 0 Å². The number of phenolic OH excluding ortho intramolecular Hbond substituents is 2. The van der Waals surface area contributed by atoms with Gasteiger partial charge in [-0.15, -0.1) is 30.7 Å². The van der Waals surface area contributed by atoms with Crippen molar-refractivity contribution < 1.29 is 89.7 Å². The van der Waals surface area contributed by atoms with Crippen LogP contribution in [0.1, 0.15) is 22.3 Å². The van der Waals surface area contributed by atoms with E-state index in [9.17, 15) is 49.1 Å². The monoisotopic (exact) mass is 1260 g/mol. The standard InChI is InChI=1S/C28H23N5O11S2.C28H23N5O8S/c29-18-2-1-17-10-26(46(40,41)42)27(28(34)22(17)11-18)33-32-25-6-5-24(21-4-3-20(12-23(21)25)45(37,38)39)31-30-19-8-15(13-43-35)7-16(9-19)14-44-36;29-19-6-5-18-12-26(42(37,38)39)27(28(34)23(18)13-19)33-32-25-8-7-24(21-3-1-2-4-22(21)25)31-30-20-10-16(14-40-35)9-17(11-20)15-41-36/h1-12,34-36H,13-14,29H2,(H,37,38,39)(H,40,41,42);1-13,34-36H,14-15,29H2,(H,37,38,39). The zero-order valence-corrected chi connectivity index (χ0v) is 47.3. The summed E-state index contributed by atoms with van der Waals surface area (Å²) in [5, 5.41) is 92.8. The Kier molecular flexibility index (Phi) is 18.9. The Balaban J connectivity index is 0.000000210. The molecule has 0 fully saturated rings. The molecule has 0 aliphatic heterocycles. The van der Waals surface area contributed by atoms with Crippen LogP contribution in [0.2, 0.25) is 0 Å². The number of aromatic hydroxyl groups is 2. The number of hydrogen-bond donors (Lipinski definition) is 11. The first-order chi connectivity index (χ1) is 41.9. The summed E-state index contributed by atoms with van der Waals surface area (Å²) in [4.78, 5) is 14.9. The van der Waals surface area contributed by atoms with Gasteiger partial charge in [0.25, 0.3) is 30.4 Å². The van der Waals surface area contributed by atoms with Crippen LogP contribution >= 0.6 is 0 Å². The highest BCUT2D eigenvalue weighted by Crippen LogP contribution is 2.45. The number of rotatable bonds is 19. The molecule has 0 spiro atoms. The molecule has 0 amide bonds. The van der Waals surface area contributed by atoms with Crippen molar-refractivity contribution in [1.29, 1.82) is 0 Å². The van der Waals surface area contributed by atoms with Crippen molar-refractivity contribution >= 4 is 130 Å². The lowest BCUT2D eigenvalue weighted by molar-refractivity contribution is -0.254. The largest absolute Gasteiger partial charge is 0.505 e. The van der Waals surface area contributed by atoms with Crippen molar-refractivity contribution in [2.45, 2.75) is 41.1 Å². The third-order valence-electron chi connectivity index (χ3n) is 12.9. The highest BCUT2D eigenvalue weighted by molar-refractivity contribution is 7.86. The van der Waals surface area contributed by atoms with E-state index in [-0.39, 0.29) is 76.1 Å². The van der Waals surface area contributed by atoms with Crippen molar-refractivity contribution in [3.63, 3.8) is 0 Å². The van der Waals surface area contributed by atoms with Crippen molar-refractivity contribution in [2.24, 2.45) is 40.9 Å². The number of hydrogen-bond acceptors (Lipinski definition) is 26. The lowest BCUT2D eigenvalue weighted by atomic mass is 10.1.